The molecule has 7 nitrogen and oxygen atoms in total. The first-order valence-corrected chi connectivity index (χ1v) is 10.0. The second kappa shape index (κ2) is 9.82. The average molecular weight is 407 g/mol. The fourth-order valence-corrected chi connectivity index (χ4v) is 3.32. The van der Waals surface area contributed by atoms with Crippen LogP contribution in [0.25, 0.3) is 10.8 Å². The monoisotopic (exact) mass is 407 g/mol. The van der Waals surface area contributed by atoms with Gasteiger partial charge in [-0.25, -0.2) is 5.10 Å². The summed E-state index contributed by atoms with van der Waals surface area (Å²) in [6.07, 6.45) is 0.587. The zero-order valence-corrected chi connectivity index (χ0v) is 17.1. The number of aromatic nitrogens is 2. The van der Waals surface area contributed by atoms with Gasteiger partial charge in [-0.2, -0.15) is 5.10 Å². The predicted octanol–water partition coefficient (Wildman–Crippen LogP) is 3.05. The molecule has 0 radical (unpaired) electrons. The molecule has 0 aliphatic heterocycles. The van der Waals surface area contributed by atoms with Crippen molar-refractivity contribution in [1.82, 2.24) is 15.5 Å². The SMILES string of the molecule is CCC[C@@H](NC(=O)[C@H](C)OC(=O)Cc1n[nH]c(=O)c2ccccc12)c1ccccc1. The van der Waals surface area contributed by atoms with Gasteiger partial charge in [0.05, 0.1) is 23.5 Å². The number of carbonyl (C=O) groups excluding carboxylic acids is 2. The van der Waals surface area contributed by atoms with E-state index in [0.717, 1.165) is 18.4 Å². The molecule has 3 aromatic rings. The maximum Gasteiger partial charge on any atom is 0.312 e. The van der Waals surface area contributed by atoms with Gasteiger partial charge in [0.15, 0.2) is 6.10 Å². The lowest BCUT2D eigenvalue weighted by Gasteiger charge is -2.21. The molecule has 2 N–H and O–H groups in total. The summed E-state index contributed by atoms with van der Waals surface area (Å²) in [7, 11) is 0. The van der Waals surface area contributed by atoms with Crippen molar-refractivity contribution in [2.24, 2.45) is 0 Å². The van der Waals surface area contributed by atoms with Crippen LogP contribution in [0.1, 0.15) is 44.0 Å². The number of amides is 1. The number of aromatic amines is 1. The highest BCUT2D eigenvalue weighted by molar-refractivity contribution is 5.88. The molecule has 7 heteroatoms. The minimum atomic E-state index is -0.949. The molecule has 0 spiro atoms. The van der Waals surface area contributed by atoms with Crippen LogP contribution in [0, 0.1) is 0 Å². The smallest absolute Gasteiger partial charge is 0.312 e. The number of nitrogens with zero attached hydrogens (tertiary/aromatic N) is 1. The molecule has 3 rings (SSSR count). The van der Waals surface area contributed by atoms with E-state index < -0.39 is 12.1 Å². The van der Waals surface area contributed by atoms with Crippen molar-refractivity contribution in [2.75, 3.05) is 0 Å². The Labute approximate surface area is 174 Å². The van der Waals surface area contributed by atoms with Gasteiger partial charge >= 0.3 is 5.97 Å². The normalized spacial score (nSPS) is 12.9. The number of hydrogen-bond donors (Lipinski definition) is 2. The lowest BCUT2D eigenvalue weighted by Crippen LogP contribution is -2.38. The molecule has 0 saturated carbocycles. The summed E-state index contributed by atoms with van der Waals surface area (Å²) in [5.41, 5.74) is 1.09. The molecule has 156 valence electrons. The Hall–Kier alpha value is -3.48. The number of rotatable bonds is 8. The number of hydrogen-bond acceptors (Lipinski definition) is 5. The molecule has 1 heterocycles. The van der Waals surface area contributed by atoms with Crippen molar-refractivity contribution >= 4 is 22.6 Å². The van der Waals surface area contributed by atoms with Crippen LogP contribution in [0.2, 0.25) is 0 Å². The maximum absolute atomic E-state index is 12.6. The highest BCUT2D eigenvalue weighted by Crippen LogP contribution is 2.19. The van der Waals surface area contributed by atoms with Crippen molar-refractivity contribution in [1.29, 1.82) is 0 Å². The summed E-state index contributed by atoms with van der Waals surface area (Å²) < 4.78 is 5.33. The molecule has 2 atom stereocenters. The summed E-state index contributed by atoms with van der Waals surface area (Å²) in [6, 6.07) is 16.5. The zero-order valence-electron chi connectivity index (χ0n) is 17.1. The van der Waals surface area contributed by atoms with Gasteiger partial charge in [-0.3, -0.25) is 14.4 Å². The van der Waals surface area contributed by atoms with Crippen molar-refractivity contribution in [2.45, 2.75) is 45.3 Å². The number of fused-ring (bicyclic) bond motifs is 1. The van der Waals surface area contributed by atoms with Gasteiger partial charge in [-0.05, 0) is 25.0 Å². The van der Waals surface area contributed by atoms with Crippen LogP contribution < -0.4 is 10.9 Å². The third-order valence-corrected chi connectivity index (χ3v) is 4.86. The van der Waals surface area contributed by atoms with Crippen molar-refractivity contribution in [3.63, 3.8) is 0 Å². The molecular weight excluding hydrogens is 382 g/mol. The van der Waals surface area contributed by atoms with E-state index >= 15 is 0 Å². The van der Waals surface area contributed by atoms with Gasteiger partial charge in [0.25, 0.3) is 11.5 Å². The highest BCUT2D eigenvalue weighted by Gasteiger charge is 2.22. The molecule has 30 heavy (non-hydrogen) atoms. The quantitative estimate of drug-likeness (QED) is 0.559. The number of H-pyrrole nitrogens is 1. The molecule has 0 fully saturated rings. The fraction of sp³-hybridized carbons (Fsp3) is 0.304. The Bertz CT molecular complexity index is 1080. The van der Waals surface area contributed by atoms with Crippen LogP contribution in [-0.2, 0) is 20.7 Å². The average Bonchev–Trinajstić information content (AvgIpc) is 2.76. The Morgan fingerprint density at radius 1 is 1.07 bits per heavy atom. The molecule has 0 aliphatic rings. The van der Waals surface area contributed by atoms with E-state index in [9.17, 15) is 14.4 Å². The first-order valence-electron chi connectivity index (χ1n) is 10.0. The minimum Gasteiger partial charge on any atom is -0.452 e. The summed E-state index contributed by atoms with van der Waals surface area (Å²) in [5, 5.41) is 10.4. The standard InChI is InChI=1S/C23H25N3O4/c1-3-9-19(16-10-5-4-6-11-16)24-22(28)15(2)30-21(27)14-20-17-12-7-8-13-18(17)23(29)26-25-20/h4-8,10-13,15,19H,3,9,14H2,1-2H3,(H,24,28)(H,26,29)/t15-,19+/m0/s1. The number of esters is 1. The number of carbonyl (C=O) groups is 2. The number of ether oxygens (including phenoxy) is 1. The van der Waals surface area contributed by atoms with Gasteiger partial charge in [0, 0.05) is 5.39 Å². The predicted molar refractivity (Wildman–Crippen MR) is 114 cm³/mol. The Kier molecular flexibility index (Phi) is 6.95. The lowest BCUT2D eigenvalue weighted by atomic mass is 10.0. The van der Waals surface area contributed by atoms with Crippen molar-refractivity contribution in [3.8, 4) is 0 Å². The lowest BCUT2D eigenvalue weighted by molar-refractivity contribution is -0.154. The summed E-state index contributed by atoms with van der Waals surface area (Å²) in [6.45, 7) is 3.59. The van der Waals surface area contributed by atoms with Gasteiger partial charge in [-0.1, -0.05) is 61.9 Å². The van der Waals surface area contributed by atoms with Crippen LogP contribution in [0.3, 0.4) is 0 Å². The first kappa shape index (κ1) is 21.2. The van der Waals surface area contributed by atoms with Gasteiger partial charge in [0.1, 0.15) is 0 Å². The molecule has 0 aliphatic carbocycles. The molecule has 1 amide bonds. The van der Waals surface area contributed by atoms with E-state index in [1.54, 1.807) is 31.2 Å². The second-order valence-electron chi connectivity index (χ2n) is 7.11. The summed E-state index contributed by atoms with van der Waals surface area (Å²) >= 11 is 0. The van der Waals surface area contributed by atoms with E-state index in [-0.39, 0.29) is 23.9 Å². The van der Waals surface area contributed by atoms with E-state index in [1.165, 1.54) is 0 Å². The Balaban J connectivity index is 1.64. The molecular formula is C23H25N3O4. The largest absolute Gasteiger partial charge is 0.452 e. The van der Waals surface area contributed by atoms with Gasteiger partial charge in [-0.15, -0.1) is 0 Å². The van der Waals surface area contributed by atoms with Gasteiger partial charge in [0.2, 0.25) is 0 Å². The first-order chi connectivity index (χ1) is 14.5. The second-order valence-corrected chi connectivity index (χ2v) is 7.11. The number of benzene rings is 2. The summed E-state index contributed by atoms with van der Waals surface area (Å²) in [4.78, 5) is 36.9. The molecule has 0 unspecified atom stereocenters. The molecule has 2 aromatic carbocycles. The van der Waals surface area contributed by atoms with Gasteiger partial charge < -0.3 is 10.1 Å². The topological polar surface area (TPSA) is 101 Å². The van der Waals surface area contributed by atoms with E-state index in [1.807, 2.05) is 37.3 Å². The van der Waals surface area contributed by atoms with E-state index in [2.05, 4.69) is 15.5 Å². The van der Waals surface area contributed by atoms with Crippen LogP contribution in [0.15, 0.2) is 59.4 Å². The number of nitrogens with one attached hydrogen (secondary N) is 2. The fourth-order valence-electron chi connectivity index (χ4n) is 3.32. The third-order valence-electron chi connectivity index (χ3n) is 4.86. The van der Waals surface area contributed by atoms with Crippen LogP contribution >= 0.6 is 0 Å². The third kappa shape index (κ3) is 5.11. The van der Waals surface area contributed by atoms with Crippen LogP contribution in [-0.4, -0.2) is 28.2 Å². The van der Waals surface area contributed by atoms with E-state index in [4.69, 9.17) is 4.74 Å². The van der Waals surface area contributed by atoms with E-state index in [0.29, 0.717) is 16.5 Å². The van der Waals surface area contributed by atoms with Crippen molar-refractivity contribution in [3.05, 3.63) is 76.2 Å². The maximum atomic E-state index is 12.6. The molecule has 0 bridgehead atoms. The molecule has 0 saturated heterocycles. The summed E-state index contributed by atoms with van der Waals surface area (Å²) in [5.74, 6) is -0.945. The van der Waals surface area contributed by atoms with Crippen LogP contribution in [0.5, 0.6) is 0 Å². The van der Waals surface area contributed by atoms with Crippen molar-refractivity contribution < 1.29 is 14.3 Å². The zero-order chi connectivity index (χ0) is 21.5. The van der Waals surface area contributed by atoms with Crippen LogP contribution in [0.4, 0.5) is 0 Å². The highest BCUT2D eigenvalue weighted by atomic mass is 16.5. The molecule has 1 aromatic heterocycles. The Morgan fingerprint density at radius 2 is 1.73 bits per heavy atom. The Morgan fingerprint density at radius 3 is 2.43 bits per heavy atom. The minimum absolute atomic E-state index is 0.144.